The number of thioether (sulfide) groups is 1. The molecule has 1 saturated heterocycles. The van der Waals surface area contributed by atoms with Crippen molar-refractivity contribution in [3.05, 3.63) is 34.7 Å². The standard InChI is InChI=1S/C14H14N2O2S/c17-11-5-3-4-10(8-11)9-12-13(18)15-14(19-12)16-6-1-2-7-16/h3-5,8-9,17H,1-2,6-7H2/b12-9-. The number of amidine groups is 1. The largest absolute Gasteiger partial charge is 0.508 e. The van der Waals surface area contributed by atoms with E-state index in [1.165, 1.54) is 24.6 Å². The highest BCUT2D eigenvalue weighted by Gasteiger charge is 2.27. The molecule has 1 aromatic rings. The van der Waals surface area contributed by atoms with Crippen molar-refractivity contribution in [2.75, 3.05) is 13.1 Å². The summed E-state index contributed by atoms with van der Waals surface area (Å²) < 4.78 is 0. The van der Waals surface area contributed by atoms with E-state index in [2.05, 4.69) is 9.89 Å². The van der Waals surface area contributed by atoms with Gasteiger partial charge in [-0.25, -0.2) is 0 Å². The van der Waals surface area contributed by atoms with Crippen molar-refractivity contribution in [1.82, 2.24) is 4.90 Å². The maximum absolute atomic E-state index is 11.9. The molecule has 0 radical (unpaired) electrons. The lowest BCUT2D eigenvalue weighted by Crippen LogP contribution is -2.23. The second-order valence-corrected chi connectivity index (χ2v) is 5.61. The van der Waals surface area contributed by atoms with Crippen LogP contribution >= 0.6 is 11.8 Å². The Morgan fingerprint density at radius 2 is 2.11 bits per heavy atom. The van der Waals surface area contributed by atoms with Gasteiger partial charge in [-0.1, -0.05) is 12.1 Å². The predicted molar refractivity (Wildman–Crippen MR) is 76.9 cm³/mol. The average Bonchev–Trinajstić information content (AvgIpc) is 3.00. The lowest BCUT2D eigenvalue weighted by molar-refractivity contribution is -0.113. The van der Waals surface area contributed by atoms with Crippen molar-refractivity contribution >= 4 is 28.9 Å². The number of carbonyl (C=O) groups is 1. The predicted octanol–water partition coefficient (Wildman–Crippen LogP) is 2.46. The molecule has 1 fully saturated rings. The number of rotatable bonds is 1. The minimum atomic E-state index is -0.185. The highest BCUT2D eigenvalue weighted by molar-refractivity contribution is 8.18. The van der Waals surface area contributed by atoms with Gasteiger partial charge in [0, 0.05) is 13.1 Å². The number of hydrogen-bond donors (Lipinski definition) is 1. The second kappa shape index (κ2) is 5.09. The van der Waals surface area contributed by atoms with Crippen LogP contribution in [0.5, 0.6) is 5.75 Å². The fourth-order valence-electron chi connectivity index (χ4n) is 2.21. The van der Waals surface area contributed by atoms with Crippen molar-refractivity contribution in [2.45, 2.75) is 12.8 Å². The number of nitrogens with zero attached hydrogens (tertiary/aromatic N) is 2. The summed E-state index contributed by atoms with van der Waals surface area (Å²) in [6.07, 6.45) is 4.11. The molecule has 2 heterocycles. The Morgan fingerprint density at radius 3 is 2.84 bits per heavy atom. The van der Waals surface area contributed by atoms with Gasteiger partial charge in [-0.2, -0.15) is 4.99 Å². The number of aromatic hydroxyl groups is 1. The number of phenols is 1. The van der Waals surface area contributed by atoms with E-state index in [-0.39, 0.29) is 11.7 Å². The summed E-state index contributed by atoms with van der Waals surface area (Å²) in [5.74, 6) is 0.0146. The first-order valence-corrected chi connectivity index (χ1v) is 7.10. The van der Waals surface area contributed by atoms with Crippen LogP contribution in [0.1, 0.15) is 18.4 Å². The van der Waals surface area contributed by atoms with Gasteiger partial charge < -0.3 is 10.0 Å². The van der Waals surface area contributed by atoms with Crippen LogP contribution in [-0.4, -0.2) is 34.2 Å². The molecule has 2 aliphatic rings. The Bertz CT molecular complexity index is 575. The Kier molecular flexibility index (Phi) is 3.29. The van der Waals surface area contributed by atoms with E-state index in [9.17, 15) is 9.90 Å². The molecule has 4 nitrogen and oxygen atoms in total. The maximum atomic E-state index is 11.9. The zero-order chi connectivity index (χ0) is 13.2. The van der Waals surface area contributed by atoms with Crippen molar-refractivity contribution < 1.29 is 9.90 Å². The number of benzene rings is 1. The zero-order valence-corrected chi connectivity index (χ0v) is 11.2. The first-order chi connectivity index (χ1) is 9.22. The summed E-state index contributed by atoms with van der Waals surface area (Å²) in [6.45, 7) is 1.97. The molecule has 0 unspecified atom stereocenters. The molecule has 1 amide bonds. The zero-order valence-electron chi connectivity index (χ0n) is 10.4. The van der Waals surface area contributed by atoms with E-state index < -0.39 is 0 Å². The SMILES string of the molecule is O=C1N=C(N2CCCC2)S/C1=C\c1cccc(O)c1. The molecule has 0 spiro atoms. The summed E-state index contributed by atoms with van der Waals surface area (Å²) in [6, 6.07) is 6.86. The van der Waals surface area contributed by atoms with Crippen molar-refractivity contribution in [1.29, 1.82) is 0 Å². The summed E-state index contributed by atoms with van der Waals surface area (Å²) in [5.41, 5.74) is 0.814. The molecule has 0 atom stereocenters. The Morgan fingerprint density at radius 1 is 1.32 bits per heavy atom. The van der Waals surface area contributed by atoms with Gasteiger partial charge >= 0.3 is 0 Å². The van der Waals surface area contributed by atoms with Gasteiger partial charge in [0.25, 0.3) is 5.91 Å². The first kappa shape index (κ1) is 12.3. The molecule has 5 heteroatoms. The van der Waals surface area contributed by atoms with E-state index in [1.807, 2.05) is 6.07 Å². The van der Waals surface area contributed by atoms with E-state index in [0.29, 0.717) is 4.91 Å². The number of phenolic OH excluding ortho intramolecular Hbond substituents is 1. The highest BCUT2D eigenvalue weighted by atomic mass is 32.2. The van der Waals surface area contributed by atoms with Crippen molar-refractivity contribution in [3.63, 3.8) is 0 Å². The maximum Gasteiger partial charge on any atom is 0.286 e. The molecule has 0 saturated carbocycles. The monoisotopic (exact) mass is 274 g/mol. The van der Waals surface area contributed by atoms with Gasteiger partial charge in [-0.3, -0.25) is 4.79 Å². The number of amides is 1. The molecule has 1 aromatic carbocycles. The van der Waals surface area contributed by atoms with Crippen molar-refractivity contribution in [2.24, 2.45) is 4.99 Å². The fourth-order valence-corrected chi connectivity index (χ4v) is 3.17. The quantitative estimate of drug-likeness (QED) is 0.799. The molecule has 98 valence electrons. The Labute approximate surface area is 115 Å². The third-order valence-electron chi connectivity index (χ3n) is 3.15. The van der Waals surface area contributed by atoms with Crippen LogP contribution in [0.4, 0.5) is 0 Å². The topological polar surface area (TPSA) is 52.9 Å². The molecule has 0 bridgehead atoms. The Hall–Kier alpha value is -1.75. The van der Waals surface area contributed by atoms with E-state index in [4.69, 9.17) is 0 Å². The van der Waals surface area contributed by atoms with Gasteiger partial charge in [0.05, 0.1) is 4.91 Å². The van der Waals surface area contributed by atoms with Crippen LogP contribution in [-0.2, 0) is 4.79 Å². The molecule has 1 N–H and O–H groups in total. The van der Waals surface area contributed by atoms with Gasteiger partial charge in [-0.05, 0) is 48.4 Å². The first-order valence-electron chi connectivity index (χ1n) is 6.29. The molecule has 3 rings (SSSR count). The Balaban J connectivity index is 1.79. The third-order valence-corrected chi connectivity index (χ3v) is 4.20. The lowest BCUT2D eigenvalue weighted by Gasteiger charge is -2.14. The summed E-state index contributed by atoms with van der Waals surface area (Å²) in [7, 11) is 0. The smallest absolute Gasteiger partial charge is 0.286 e. The molecular formula is C14H14N2O2S. The fraction of sp³-hybridized carbons (Fsp3) is 0.286. The van der Waals surface area contributed by atoms with E-state index in [1.54, 1.807) is 24.3 Å². The van der Waals surface area contributed by atoms with Crippen LogP contribution in [0.25, 0.3) is 6.08 Å². The minimum Gasteiger partial charge on any atom is -0.508 e. The number of likely N-dealkylation sites (tertiary alicyclic amines) is 1. The van der Waals surface area contributed by atoms with Gasteiger partial charge in [0.2, 0.25) is 0 Å². The second-order valence-electron chi connectivity index (χ2n) is 4.60. The summed E-state index contributed by atoms with van der Waals surface area (Å²) in [4.78, 5) is 18.7. The normalized spacial score (nSPS) is 21.3. The van der Waals surface area contributed by atoms with Crippen LogP contribution in [0.2, 0.25) is 0 Å². The number of hydrogen-bond acceptors (Lipinski definition) is 4. The van der Waals surface area contributed by atoms with Crippen LogP contribution in [0.15, 0.2) is 34.2 Å². The van der Waals surface area contributed by atoms with Crippen LogP contribution < -0.4 is 0 Å². The van der Waals surface area contributed by atoms with Gasteiger partial charge in [-0.15, -0.1) is 0 Å². The molecule has 19 heavy (non-hydrogen) atoms. The number of carbonyl (C=O) groups excluding carboxylic acids is 1. The third kappa shape index (κ3) is 2.66. The van der Waals surface area contributed by atoms with Gasteiger partial charge in [0.15, 0.2) is 5.17 Å². The highest BCUT2D eigenvalue weighted by Crippen LogP contribution is 2.31. The number of aliphatic imine (C=N–C) groups is 1. The van der Waals surface area contributed by atoms with E-state index in [0.717, 1.165) is 23.8 Å². The van der Waals surface area contributed by atoms with Crippen LogP contribution in [0.3, 0.4) is 0 Å². The van der Waals surface area contributed by atoms with Gasteiger partial charge in [0.1, 0.15) is 5.75 Å². The molecule has 0 aliphatic carbocycles. The molecular weight excluding hydrogens is 260 g/mol. The summed E-state index contributed by atoms with van der Waals surface area (Å²) >= 11 is 1.42. The minimum absolute atomic E-state index is 0.185. The summed E-state index contributed by atoms with van der Waals surface area (Å²) in [5, 5.41) is 10.2. The average molecular weight is 274 g/mol. The van der Waals surface area contributed by atoms with E-state index >= 15 is 0 Å². The molecule has 2 aliphatic heterocycles. The lowest BCUT2D eigenvalue weighted by atomic mass is 10.2. The van der Waals surface area contributed by atoms with Crippen LogP contribution in [0, 0.1) is 0 Å². The van der Waals surface area contributed by atoms with Crippen molar-refractivity contribution in [3.8, 4) is 5.75 Å². The molecule has 0 aromatic heterocycles.